The van der Waals surface area contributed by atoms with Crippen molar-refractivity contribution in [1.29, 1.82) is 0 Å². The van der Waals surface area contributed by atoms with Crippen LogP contribution in [0.3, 0.4) is 0 Å². The third-order valence-corrected chi connectivity index (χ3v) is 13.8. The van der Waals surface area contributed by atoms with Crippen LogP contribution in [0.5, 0.6) is 0 Å². The summed E-state index contributed by atoms with van der Waals surface area (Å²) in [6.45, 7) is 5.96. The van der Waals surface area contributed by atoms with Crippen LogP contribution in [0.4, 0.5) is 0 Å². The Morgan fingerprint density at radius 3 is 1.24 bits per heavy atom. The van der Waals surface area contributed by atoms with Gasteiger partial charge in [-0.05, 0) is 38.5 Å². The average Bonchev–Trinajstić information content (AvgIpc) is 3.35. The van der Waals surface area contributed by atoms with Gasteiger partial charge in [0.1, 0.15) is 18.8 Å². The van der Waals surface area contributed by atoms with Crippen LogP contribution in [0.15, 0.2) is 12.2 Å². The third-order valence-electron chi connectivity index (χ3n) is 13.8. The number of hydrogen-bond acceptors (Lipinski definition) is 11. The molecule has 1 rings (SSSR count). The molecule has 416 valence electrons. The number of hydrogen-bond donors (Lipinski definition) is 3. The molecule has 6 unspecified atom stereocenters. The molecule has 0 amide bonds. The molecular formula is C59H108O12. The van der Waals surface area contributed by atoms with E-state index in [0.717, 1.165) is 83.5 Å². The summed E-state index contributed by atoms with van der Waals surface area (Å²) in [5.41, 5.74) is 0. The highest BCUT2D eigenvalue weighted by molar-refractivity contribution is 5.74. The van der Waals surface area contributed by atoms with Gasteiger partial charge in [0.05, 0.1) is 6.61 Å². The molecule has 0 aromatic heterocycles. The molecule has 12 heteroatoms. The number of carboxylic acid groups (broad SMARTS) is 1. The number of ether oxygens (including phenoxy) is 5. The second kappa shape index (κ2) is 48.4. The molecule has 1 heterocycles. The van der Waals surface area contributed by atoms with Crippen molar-refractivity contribution in [3.8, 4) is 0 Å². The molecule has 0 spiro atoms. The molecule has 6 atom stereocenters. The van der Waals surface area contributed by atoms with Gasteiger partial charge >= 0.3 is 23.9 Å². The van der Waals surface area contributed by atoms with Crippen LogP contribution >= 0.6 is 0 Å². The monoisotopic (exact) mass is 1010 g/mol. The highest BCUT2D eigenvalue weighted by Crippen LogP contribution is 2.27. The number of unbranched alkanes of at least 4 members (excludes halogenated alkanes) is 35. The smallest absolute Gasteiger partial charge is 0.335 e. The van der Waals surface area contributed by atoms with Crippen LogP contribution in [0.25, 0.3) is 0 Å². The van der Waals surface area contributed by atoms with E-state index in [9.17, 15) is 34.5 Å². The van der Waals surface area contributed by atoms with Gasteiger partial charge in [-0.15, -0.1) is 0 Å². The Bertz CT molecular complexity index is 1290. The average molecular weight is 1010 g/mol. The number of esters is 3. The highest BCUT2D eigenvalue weighted by atomic mass is 16.7. The van der Waals surface area contributed by atoms with Crippen LogP contribution in [-0.2, 0) is 42.9 Å². The lowest BCUT2D eigenvalue weighted by atomic mass is 9.98. The number of carboxylic acids is 1. The number of allylic oxidation sites excluding steroid dienone is 2. The zero-order valence-electron chi connectivity index (χ0n) is 45.7. The van der Waals surface area contributed by atoms with Crippen LogP contribution < -0.4 is 0 Å². The van der Waals surface area contributed by atoms with Crippen molar-refractivity contribution in [2.75, 3.05) is 13.2 Å². The number of aliphatic hydroxyl groups is 2. The van der Waals surface area contributed by atoms with E-state index in [2.05, 4.69) is 32.9 Å². The van der Waals surface area contributed by atoms with Gasteiger partial charge in [0, 0.05) is 19.3 Å². The molecular weight excluding hydrogens is 901 g/mol. The Hall–Kier alpha value is -2.54. The van der Waals surface area contributed by atoms with E-state index in [1.165, 1.54) is 148 Å². The van der Waals surface area contributed by atoms with Gasteiger partial charge in [-0.3, -0.25) is 14.4 Å². The fourth-order valence-electron chi connectivity index (χ4n) is 9.23. The lowest BCUT2D eigenvalue weighted by Gasteiger charge is -2.40. The Kier molecular flexibility index (Phi) is 45.3. The molecule has 12 nitrogen and oxygen atoms in total. The molecule has 1 fully saturated rings. The second-order valence-electron chi connectivity index (χ2n) is 20.6. The Morgan fingerprint density at radius 2 is 0.817 bits per heavy atom. The first kappa shape index (κ1) is 66.5. The van der Waals surface area contributed by atoms with Crippen molar-refractivity contribution in [2.45, 2.75) is 327 Å². The van der Waals surface area contributed by atoms with Crippen molar-refractivity contribution in [1.82, 2.24) is 0 Å². The molecule has 0 bridgehead atoms. The van der Waals surface area contributed by atoms with Crippen LogP contribution in [0.1, 0.15) is 290 Å². The quantitative estimate of drug-likeness (QED) is 0.0228. The number of aliphatic hydroxyl groups excluding tert-OH is 2. The minimum atomic E-state index is -1.90. The normalized spacial score (nSPS) is 18.5. The molecule has 1 aliphatic heterocycles. The predicted molar refractivity (Wildman–Crippen MR) is 285 cm³/mol. The first-order chi connectivity index (χ1) is 34.6. The molecule has 0 aromatic rings. The lowest BCUT2D eigenvalue weighted by Crippen LogP contribution is -2.61. The largest absolute Gasteiger partial charge is 0.479 e. The molecule has 71 heavy (non-hydrogen) atoms. The van der Waals surface area contributed by atoms with Crippen molar-refractivity contribution >= 4 is 23.9 Å². The molecule has 3 N–H and O–H groups in total. The molecule has 0 saturated carbocycles. The van der Waals surface area contributed by atoms with Gasteiger partial charge < -0.3 is 39.0 Å². The van der Waals surface area contributed by atoms with Gasteiger partial charge in [-0.2, -0.15) is 0 Å². The van der Waals surface area contributed by atoms with E-state index in [1.807, 2.05) is 0 Å². The minimum absolute atomic E-state index is 0.0667. The van der Waals surface area contributed by atoms with E-state index in [4.69, 9.17) is 23.7 Å². The fourth-order valence-corrected chi connectivity index (χ4v) is 9.23. The third kappa shape index (κ3) is 38.7. The van der Waals surface area contributed by atoms with Crippen molar-refractivity contribution < 1.29 is 58.2 Å². The van der Waals surface area contributed by atoms with Crippen LogP contribution in [0.2, 0.25) is 0 Å². The Labute approximate surface area is 433 Å². The van der Waals surface area contributed by atoms with E-state index in [0.29, 0.717) is 19.3 Å². The minimum Gasteiger partial charge on any atom is -0.479 e. The first-order valence-corrected chi connectivity index (χ1v) is 29.7. The van der Waals surface area contributed by atoms with E-state index in [1.54, 1.807) is 0 Å². The fraction of sp³-hybridized carbons (Fsp3) is 0.898. The Morgan fingerprint density at radius 1 is 0.451 bits per heavy atom. The summed E-state index contributed by atoms with van der Waals surface area (Å²) in [5, 5.41) is 31.4. The van der Waals surface area contributed by atoms with Crippen molar-refractivity contribution in [3.05, 3.63) is 12.2 Å². The van der Waals surface area contributed by atoms with Gasteiger partial charge in [0.25, 0.3) is 0 Å². The van der Waals surface area contributed by atoms with Crippen molar-refractivity contribution in [3.63, 3.8) is 0 Å². The maximum Gasteiger partial charge on any atom is 0.335 e. The van der Waals surface area contributed by atoms with Crippen LogP contribution in [-0.4, -0.2) is 89.2 Å². The van der Waals surface area contributed by atoms with E-state index in [-0.39, 0.29) is 25.9 Å². The maximum atomic E-state index is 13.1. The summed E-state index contributed by atoms with van der Waals surface area (Å²) in [6, 6.07) is 0. The number of aliphatic carboxylic acids is 1. The topological polar surface area (TPSA) is 175 Å². The number of carbonyl (C=O) groups is 4. The molecule has 0 radical (unpaired) electrons. The summed E-state index contributed by atoms with van der Waals surface area (Å²) in [5.74, 6) is -3.10. The van der Waals surface area contributed by atoms with Gasteiger partial charge in [0.15, 0.2) is 24.6 Å². The number of carbonyl (C=O) groups excluding carboxylic acids is 3. The lowest BCUT2D eigenvalue weighted by molar-refractivity contribution is -0.301. The molecule has 1 aliphatic rings. The summed E-state index contributed by atoms with van der Waals surface area (Å²) >= 11 is 0. The van der Waals surface area contributed by atoms with Gasteiger partial charge in [0.2, 0.25) is 0 Å². The summed E-state index contributed by atoms with van der Waals surface area (Å²) < 4.78 is 28.4. The SMILES string of the molecule is CCCC/C=C\CCCCCCCC(=O)OC(COC(=O)CCCCCCCCCCCCCCCCCCCCC)COC1OC(C(=O)O)C(O)C(O)C1OC(=O)CCCCCCCCCCCCC. The zero-order chi connectivity index (χ0) is 51.8. The van der Waals surface area contributed by atoms with E-state index < -0.39 is 67.3 Å². The Balaban J connectivity index is 2.62. The molecule has 0 aromatic carbocycles. The standard InChI is InChI=1S/C59H108O12/c1-4-7-10-13-16-19-22-23-24-25-26-27-28-29-32-33-36-39-42-45-51(60)67-48-50(69-52(61)46-43-40-37-34-30-20-17-14-11-8-5-2)49-68-59-57(55(64)54(63)56(71-59)58(65)66)70-53(62)47-44-41-38-35-31-21-18-15-12-9-6-3/h14,17,50,54-57,59,63-64H,4-13,15-16,18-49H2,1-3H3,(H,65,66)/b17-14-. The summed E-state index contributed by atoms with van der Waals surface area (Å²) in [6.07, 6.45) is 40.6. The summed E-state index contributed by atoms with van der Waals surface area (Å²) in [4.78, 5) is 51.0. The van der Waals surface area contributed by atoms with E-state index >= 15 is 0 Å². The predicted octanol–water partition coefficient (Wildman–Crippen LogP) is 14.9. The first-order valence-electron chi connectivity index (χ1n) is 29.7. The van der Waals surface area contributed by atoms with Crippen LogP contribution in [0, 0.1) is 0 Å². The molecule has 1 saturated heterocycles. The van der Waals surface area contributed by atoms with Gasteiger partial charge in [-0.1, -0.05) is 245 Å². The maximum absolute atomic E-state index is 13.1. The molecule has 0 aliphatic carbocycles. The van der Waals surface area contributed by atoms with Crippen molar-refractivity contribution in [2.24, 2.45) is 0 Å². The van der Waals surface area contributed by atoms with Gasteiger partial charge in [-0.25, -0.2) is 4.79 Å². The summed E-state index contributed by atoms with van der Waals surface area (Å²) in [7, 11) is 0. The highest BCUT2D eigenvalue weighted by Gasteiger charge is 2.50. The zero-order valence-corrected chi connectivity index (χ0v) is 45.7. The second-order valence-corrected chi connectivity index (χ2v) is 20.6. The number of rotatable bonds is 51.